The number of anilines is 2. The molecule has 0 spiro atoms. The van der Waals surface area contributed by atoms with Gasteiger partial charge in [0.2, 0.25) is 5.95 Å². The molecular formula is C18H16ClN5O. The van der Waals surface area contributed by atoms with E-state index >= 15 is 0 Å². The third-order valence-corrected chi connectivity index (χ3v) is 3.74. The van der Waals surface area contributed by atoms with Gasteiger partial charge in [-0.1, -0.05) is 17.7 Å². The number of hydrogen-bond acceptors (Lipinski definition) is 5. The Kier molecular flexibility index (Phi) is 5.20. The summed E-state index contributed by atoms with van der Waals surface area (Å²) in [6, 6.07) is 11.0. The molecule has 7 heteroatoms. The number of aryl methyl sites for hydroxylation is 1. The van der Waals surface area contributed by atoms with Crippen LogP contribution < -0.4 is 10.6 Å². The molecule has 0 bridgehead atoms. The standard InChI is InChI=1S/C18H16ClN5O/c1-12-8-14(19)5-6-16(12)24-18-22-9-13(10-23-18)17(25)21-11-15-4-2-3-7-20-15/h2-10H,11H2,1H3,(H,21,25)(H,22,23,24). The van der Waals surface area contributed by atoms with Crippen molar-refractivity contribution < 1.29 is 4.79 Å². The number of halogens is 1. The van der Waals surface area contributed by atoms with Crippen molar-refractivity contribution in [3.05, 3.63) is 76.8 Å². The third-order valence-electron chi connectivity index (χ3n) is 3.51. The second-order valence-corrected chi connectivity index (χ2v) is 5.82. The smallest absolute Gasteiger partial charge is 0.254 e. The van der Waals surface area contributed by atoms with Crippen LogP contribution in [0.1, 0.15) is 21.6 Å². The minimum absolute atomic E-state index is 0.250. The first-order valence-electron chi connectivity index (χ1n) is 7.65. The predicted molar refractivity (Wildman–Crippen MR) is 96.9 cm³/mol. The lowest BCUT2D eigenvalue weighted by atomic mass is 10.2. The van der Waals surface area contributed by atoms with Crippen molar-refractivity contribution >= 4 is 29.1 Å². The van der Waals surface area contributed by atoms with Gasteiger partial charge in [-0.2, -0.15) is 0 Å². The highest BCUT2D eigenvalue weighted by Crippen LogP contribution is 2.21. The normalized spacial score (nSPS) is 10.3. The number of aromatic nitrogens is 3. The summed E-state index contributed by atoms with van der Waals surface area (Å²) in [5.74, 6) is 0.159. The fourth-order valence-electron chi connectivity index (χ4n) is 2.17. The Morgan fingerprint density at radius 3 is 2.60 bits per heavy atom. The largest absolute Gasteiger partial charge is 0.346 e. The zero-order valence-electron chi connectivity index (χ0n) is 13.5. The van der Waals surface area contributed by atoms with Crippen LogP contribution in [0.4, 0.5) is 11.6 Å². The summed E-state index contributed by atoms with van der Waals surface area (Å²) in [7, 11) is 0. The van der Waals surface area contributed by atoms with E-state index in [0.29, 0.717) is 23.1 Å². The van der Waals surface area contributed by atoms with E-state index in [0.717, 1.165) is 16.9 Å². The Labute approximate surface area is 150 Å². The maximum Gasteiger partial charge on any atom is 0.254 e. The minimum Gasteiger partial charge on any atom is -0.346 e. The van der Waals surface area contributed by atoms with Gasteiger partial charge in [-0.25, -0.2) is 9.97 Å². The number of pyridine rings is 1. The number of carbonyl (C=O) groups excluding carboxylic acids is 1. The molecular weight excluding hydrogens is 338 g/mol. The van der Waals surface area contributed by atoms with Gasteiger partial charge < -0.3 is 10.6 Å². The van der Waals surface area contributed by atoms with Crippen molar-refractivity contribution in [2.24, 2.45) is 0 Å². The lowest BCUT2D eigenvalue weighted by Gasteiger charge is -2.09. The zero-order valence-corrected chi connectivity index (χ0v) is 14.3. The number of carbonyl (C=O) groups is 1. The van der Waals surface area contributed by atoms with E-state index in [4.69, 9.17) is 11.6 Å². The van der Waals surface area contributed by atoms with Gasteiger partial charge in [-0.3, -0.25) is 9.78 Å². The first-order chi connectivity index (χ1) is 12.1. The van der Waals surface area contributed by atoms with Crippen LogP contribution >= 0.6 is 11.6 Å². The molecule has 3 aromatic rings. The molecule has 2 N–H and O–H groups in total. The van der Waals surface area contributed by atoms with Crippen molar-refractivity contribution in [2.75, 3.05) is 5.32 Å². The average molecular weight is 354 g/mol. The van der Waals surface area contributed by atoms with Gasteiger partial charge in [-0.15, -0.1) is 0 Å². The molecule has 3 rings (SSSR count). The molecule has 2 heterocycles. The van der Waals surface area contributed by atoms with Crippen LogP contribution in [0.2, 0.25) is 5.02 Å². The SMILES string of the molecule is Cc1cc(Cl)ccc1Nc1ncc(C(=O)NCc2ccccn2)cn1. The lowest BCUT2D eigenvalue weighted by Crippen LogP contribution is -2.23. The number of benzene rings is 1. The summed E-state index contributed by atoms with van der Waals surface area (Å²) in [6.45, 7) is 2.29. The van der Waals surface area contributed by atoms with Crippen LogP contribution in [0.5, 0.6) is 0 Å². The van der Waals surface area contributed by atoms with Gasteiger partial charge >= 0.3 is 0 Å². The van der Waals surface area contributed by atoms with E-state index in [1.54, 1.807) is 12.3 Å². The predicted octanol–water partition coefficient (Wildman–Crippen LogP) is 3.51. The molecule has 1 amide bonds. The first-order valence-corrected chi connectivity index (χ1v) is 8.03. The second-order valence-electron chi connectivity index (χ2n) is 5.38. The van der Waals surface area contributed by atoms with Crippen LogP contribution in [-0.4, -0.2) is 20.9 Å². The highest BCUT2D eigenvalue weighted by atomic mass is 35.5. The second kappa shape index (κ2) is 7.72. The Balaban J connectivity index is 1.62. The molecule has 0 unspecified atom stereocenters. The number of rotatable bonds is 5. The van der Waals surface area contributed by atoms with E-state index in [9.17, 15) is 4.79 Å². The van der Waals surface area contributed by atoms with Crippen LogP contribution in [0.25, 0.3) is 0 Å². The minimum atomic E-state index is -0.250. The fraction of sp³-hybridized carbons (Fsp3) is 0.111. The summed E-state index contributed by atoms with van der Waals surface area (Å²) in [5, 5.41) is 6.55. The van der Waals surface area contributed by atoms with E-state index in [2.05, 4.69) is 25.6 Å². The summed E-state index contributed by atoms with van der Waals surface area (Å²) >= 11 is 5.94. The molecule has 6 nitrogen and oxygen atoms in total. The Morgan fingerprint density at radius 1 is 1.12 bits per heavy atom. The number of nitrogens with one attached hydrogen (secondary N) is 2. The third kappa shape index (κ3) is 4.51. The lowest BCUT2D eigenvalue weighted by molar-refractivity contribution is 0.0949. The topological polar surface area (TPSA) is 79.8 Å². The summed E-state index contributed by atoms with van der Waals surface area (Å²) in [6.07, 6.45) is 4.65. The van der Waals surface area contributed by atoms with Crippen molar-refractivity contribution in [3.8, 4) is 0 Å². The molecule has 0 saturated heterocycles. The van der Waals surface area contributed by atoms with Gasteiger partial charge in [0.15, 0.2) is 0 Å². The molecule has 2 aromatic heterocycles. The molecule has 0 aliphatic carbocycles. The maximum atomic E-state index is 12.1. The zero-order chi connectivity index (χ0) is 17.6. The molecule has 1 aromatic carbocycles. The van der Waals surface area contributed by atoms with Crippen LogP contribution in [0.15, 0.2) is 55.0 Å². The highest BCUT2D eigenvalue weighted by molar-refractivity contribution is 6.30. The van der Waals surface area contributed by atoms with Gasteiger partial charge in [0.1, 0.15) is 0 Å². The molecule has 126 valence electrons. The Hall–Kier alpha value is -2.99. The van der Waals surface area contributed by atoms with Crippen molar-refractivity contribution in [1.82, 2.24) is 20.3 Å². The van der Waals surface area contributed by atoms with Gasteiger partial charge in [0, 0.05) is 29.3 Å². The van der Waals surface area contributed by atoms with Crippen LogP contribution in [0.3, 0.4) is 0 Å². The molecule has 0 fully saturated rings. The van der Waals surface area contributed by atoms with Crippen LogP contribution in [-0.2, 0) is 6.54 Å². The van der Waals surface area contributed by atoms with Crippen molar-refractivity contribution in [2.45, 2.75) is 13.5 Å². The number of amides is 1. The molecule has 0 atom stereocenters. The molecule has 0 aliphatic rings. The molecule has 0 radical (unpaired) electrons. The summed E-state index contributed by atoms with van der Waals surface area (Å²) in [5.41, 5.74) is 3.01. The highest BCUT2D eigenvalue weighted by Gasteiger charge is 2.08. The van der Waals surface area contributed by atoms with E-state index < -0.39 is 0 Å². The number of hydrogen-bond donors (Lipinski definition) is 2. The maximum absolute atomic E-state index is 12.1. The van der Waals surface area contributed by atoms with Crippen molar-refractivity contribution in [3.63, 3.8) is 0 Å². The van der Waals surface area contributed by atoms with Gasteiger partial charge in [0.05, 0.1) is 17.8 Å². The van der Waals surface area contributed by atoms with E-state index in [1.165, 1.54) is 12.4 Å². The first kappa shape index (κ1) is 16.9. The monoisotopic (exact) mass is 353 g/mol. The van der Waals surface area contributed by atoms with E-state index in [1.807, 2.05) is 37.3 Å². The molecule has 25 heavy (non-hydrogen) atoms. The summed E-state index contributed by atoms with van der Waals surface area (Å²) in [4.78, 5) is 24.6. The molecule has 0 aliphatic heterocycles. The van der Waals surface area contributed by atoms with Crippen molar-refractivity contribution in [1.29, 1.82) is 0 Å². The van der Waals surface area contributed by atoms with Gasteiger partial charge in [-0.05, 0) is 42.8 Å². The fourth-order valence-corrected chi connectivity index (χ4v) is 2.40. The Morgan fingerprint density at radius 2 is 1.92 bits per heavy atom. The average Bonchev–Trinajstić information content (AvgIpc) is 2.63. The van der Waals surface area contributed by atoms with E-state index in [-0.39, 0.29) is 5.91 Å². The summed E-state index contributed by atoms with van der Waals surface area (Å²) < 4.78 is 0. The number of nitrogens with zero attached hydrogens (tertiary/aromatic N) is 3. The van der Waals surface area contributed by atoms with Gasteiger partial charge in [0.25, 0.3) is 5.91 Å². The quantitative estimate of drug-likeness (QED) is 0.733. The molecule has 0 saturated carbocycles. The Bertz CT molecular complexity index is 868. The van der Waals surface area contributed by atoms with Crippen LogP contribution in [0, 0.1) is 6.92 Å².